The van der Waals surface area contributed by atoms with Crippen molar-refractivity contribution in [1.29, 1.82) is 0 Å². The molecule has 10 heteroatoms. The van der Waals surface area contributed by atoms with Crippen LogP contribution in [0, 0.1) is 17.5 Å². The highest BCUT2D eigenvalue weighted by atomic mass is 32.2. The minimum absolute atomic E-state index is 0.113. The van der Waals surface area contributed by atoms with Crippen LogP contribution in [0.25, 0.3) is 11.3 Å². The average Bonchev–Trinajstić information content (AvgIpc) is 3.17. The molecule has 1 aromatic heterocycles. The highest BCUT2D eigenvalue weighted by molar-refractivity contribution is 7.89. The number of piperazine rings is 1. The fraction of sp³-hybridized carbons (Fsp3) is 0.250. The second-order valence-corrected chi connectivity index (χ2v) is 8.84. The van der Waals surface area contributed by atoms with Gasteiger partial charge in [0.05, 0.1) is 12.4 Å². The molecule has 0 aliphatic carbocycles. The third-order valence-electron chi connectivity index (χ3n) is 4.97. The van der Waals surface area contributed by atoms with Crippen LogP contribution in [0.5, 0.6) is 0 Å². The van der Waals surface area contributed by atoms with Crippen LogP contribution < -0.4 is 0 Å². The van der Waals surface area contributed by atoms with E-state index in [1.165, 1.54) is 12.1 Å². The lowest BCUT2D eigenvalue weighted by Crippen LogP contribution is -2.49. The average molecular weight is 436 g/mol. The monoisotopic (exact) mass is 436 g/mol. The maximum Gasteiger partial charge on any atom is 0.249 e. The van der Waals surface area contributed by atoms with E-state index in [9.17, 15) is 21.6 Å². The number of hydrogen-bond donors (Lipinski definition) is 0. The maximum absolute atomic E-state index is 13.9. The molecule has 0 N–H and O–H groups in total. The maximum atomic E-state index is 13.9. The molecule has 6 nitrogen and oxygen atoms in total. The molecule has 2 aromatic carbocycles. The van der Waals surface area contributed by atoms with Gasteiger partial charge < -0.3 is 0 Å². The molecule has 1 aliphatic rings. The van der Waals surface area contributed by atoms with E-state index in [-0.39, 0.29) is 18.9 Å². The number of halogens is 3. The molecule has 30 heavy (non-hydrogen) atoms. The molecule has 1 aliphatic heterocycles. The SMILES string of the molecule is O=S(=O)(c1c(F)cccc1F)N1CCN(Cn2ccc(-c3ccc(F)cc3)n2)CC1. The molecule has 3 aromatic rings. The number of sulfonamides is 1. The van der Waals surface area contributed by atoms with Gasteiger partial charge in [0.2, 0.25) is 10.0 Å². The lowest BCUT2D eigenvalue weighted by Gasteiger charge is -2.33. The van der Waals surface area contributed by atoms with E-state index >= 15 is 0 Å². The van der Waals surface area contributed by atoms with Gasteiger partial charge in [-0.05, 0) is 42.5 Å². The van der Waals surface area contributed by atoms with Gasteiger partial charge in [0.15, 0.2) is 4.90 Å². The fourth-order valence-corrected chi connectivity index (χ4v) is 4.92. The van der Waals surface area contributed by atoms with Gasteiger partial charge in [-0.2, -0.15) is 9.40 Å². The van der Waals surface area contributed by atoms with Gasteiger partial charge in [0.1, 0.15) is 17.5 Å². The Balaban J connectivity index is 1.40. The molecule has 0 atom stereocenters. The summed E-state index contributed by atoms with van der Waals surface area (Å²) in [6.07, 6.45) is 1.79. The van der Waals surface area contributed by atoms with Gasteiger partial charge in [-0.1, -0.05) is 6.07 Å². The minimum atomic E-state index is -4.25. The number of benzene rings is 2. The first kappa shape index (κ1) is 20.6. The van der Waals surface area contributed by atoms with E-state index in [1.807, 2.05) is 11.0 Å². The molecule has 0 spiro atoms. The molecule has 0 bridgehead atoms. The highest BCUT2D eigenvalue weighted by Crippen LogP contribution is 2.24. The van der Waals surface area contributed by atoms with Crippen LogP contribution in [-0.2, 0) is 16.7 Å². The van der Waals surface area contributed by atoms with E-state index in [4.69, 9.17) is 0 Å². The fourth-order valence-electron chi connectivity index (χ4n) is 3.39. The Morgan fingerprint density at radius 3 is 2.13 bits per heavy atom. The van der Waals surface area contributed by atoms with E-state index in [1.54, 1.807) is 23.0 Å². The van der Waals surface area contributed by atoms with Crippen molar-refractivity contribution in [1.82, 2.24) is 19.0 Å². The zero-order chi connectivity index (χ0) is 21.3. The lowest BCUT2D eigenvalue weighted by atomic mass is 10.1. The Kier molecular flexibility index (Phi) is 5.63. The topological polar surface area (TPSA) is 58.4 Å². The Bertz CT molecular complexity index is 1120. The van der Waals surface area contributed by atoms with Crippen LogP contribution in [0.15, 0.2) is 59.6 Å². The zero-order valence-electron chi connectivity index (χ0n) is 15.9. The molecule has 0 radical (unpaired) electrons. The summed E-state index contributed by atoms with van der Waals surface area (Å²) in [5.41, 5.74) is 1.49. The van der Waals surface area contributed by atoms with E-state index < -0.39 is 26.6 Å². The molecule has 1 saturated heterocycles. The molecule has 4 rings (SSSR count). The number of aromatic nitrogens is 2. The standard InChI is InChI=1S/C20H19F3N4O2S/c21-16-6-4-15(5-7-16)19-8-9-26(24-19)14-25-10-12-27(13-11-25)30(28,29)20-17(22)2-1-3-18(20)23/h1-9H,10-14H2. The predicted octanol–water partition coefficient (Wildman–Crippen LogP) is 2.93. The van der Waals surface area contributed by atoms with Crippen molar-refractivity contribution in [2.75, 3.05) is 26.2 Å². The number of rotatable bonds is 5. The summed E-state index contributed by atoms with van der Waals surface area (Å²) in [7, 11) is -4.25. The van der Waals surface area contributed by atoms with Crippen LogP contribution >= 0.6 is 0 Å². The summed E-state index contributed by atoms with van der Waals surface area (Å²) >= 11 is 0. The van der Waals surface area contributed by atoms with Gasteiger partial charge >= 0.3 is 0 Å². The Labute approximate surface area is 172 Å². The summed E-state index contributed by atoms with van der Waals surface area (Å²) in [5.74, 6) is -2.51. The van der Waals surface area contributed by atoms with Crippen molar-refractivity contribution >= 4 is 10.0 Å². The van der Waals surface area contributed by atoms with Crippen molar-refractivity contribution in [3.63, 3.8) is 0 Å². The summed E-state index contributed by atoms with van der Waals surface area (Å²) < 4.78 is 69.1. The number of hydrogen-bond acceptors (Lipinski definition) is 4. The van der Waals surface area contributed by atoms with Crippen LogP contribution in [0.1, 0.15) is 0 Å². The predicted molar refractivity (Wildman–Crippen MR) is 104 cm³/mol. The van der Waals surface area contributed by atoms with Gasteiger partial charge in [-0.3, -0.25) is 9.58 Å². The first-order valence-corrected chi connectivity index (χ1v) is 10.7. The van der Waals surface area contributed by atoms with Gasteiger partial charge in [-0.25, -0.2) is 21.6 Å². The van der Waals surface area contributed by atoms with Crippen LogP contribution in [0.3, 0.4) is 0 Å². The van der Waals surface area contributed by atoms with E-state index in [0.29, 0.717) is 25.5 Å². The van der Waals surface area contributed by atoms with Gasteiger partial charge in [0.25, 0.3) is 0 Å². The van der Waals surface area contributed by atoms with Crippen LogP contribution in [-0.4, -0.2) is 53.6 Å². The van der Waals surface area contributed by atoms with Crippen molar-refractivity contribution in [2.45, 2.75) is 11.6 Å². The van der Waals surface area contributed by atoms with E-state index in [0.717, 1.165) is 28.1 Å². The quantitative estimate of drug-likeness (QED) is 0.617. The summed E-state index contributed by atoms with van der Waals surface area (Å²) in [5, 5.41) is 4.46. The molecule has 158 valence electrons. The smallest absolute Gasteiger partial charge is 0.249 e. The van der Waals surface area contributed by atoms with Crippen molar-refractivity contribution in [3.05, 3.63) is 72.2 Å². The Morgan fingerprint density at radius 1 is 0.867 bits per heavy atom. The Morgan fingerprint density at radius 2 is 1.50 bits per heavy atom. The lowest BCUT2D eigenvalue weighted by molar-refractivity contribution is 0.145. The third-order valence-corrected chi connectivity index (χ3v) is 6.92. The Hall–Kier alpha value is -2.69. The minimum Gasteiger partial charge on any atom is -0.282 e. The molecule has 2 heterocycles. The summed E-state index contributed by atoms with van der Waals surface area (Å²) in [6.45, 7) is 1.44. The normalized spacial score (nSPS) is 16.1. The van der Waals surface area contributed by atoms with Crippen LogP contribution in [0.4, 0.5) is 13.2 Å². The molecular formula is C20H19F3N4O2S. The van der Waals surface area contributed by atoms with Crippen molar-refractivity contribution < 1.29 is 21.6 Å². The highest BCUT2D eigenvalue weighted by Gasteiger charge is 2.33. The van der Waals surface area contributed by atoms with Crippen molar-refractivity contribution in [3.8, 4) is 11.3 Å². The molecule has 1 fully saturated rings. The molecule has 0 unspecified atom stereocenters. The molecular weight excluding hydrogens is 417 g/mol. The summed E-state index contributed by atoms with van der Waals surface area (Å²) in [4.78, 5) is 1.08. The summed E-state index contributed by atoms with van der Waals surface area (Å²) in [6, 6.07) is 10.8. The van der Waals surface area contributed by atoms with Gasteiger partial charge in [-0.15, -0.1) is 0 Å². The first-order valence-electron chi connectivity index (χ1n) is 9.30. The molecule has 0 amide bonds. The van der Waals surface area contributed by atoms with Crippen LogP contribution in [0.2, 0.25) is 0 Å². The number of nitrogens with zero attached hydrogens (tertiary/aromatic N) is 4. The largest absolute Gasteiger partial charge is 0.282 e. The second kappa shape index (κ2) is 8.21. The van der Waals surface area contributed by atoms with Gasteiger partial charge in [0, 0.05) is 37.9 Å². The third kappa shape index (κ3) is 4.11. The first-order chi connectivity index (χ1) is 14.3. The molecule has 0 saturated carbocycles. The zero-order valence-corrected chi connectivity index (χ0v) is 16.7. The second-order valence-electron chi connectivity index (χ2n) is 6.96. The van der Waals surface area contributed by atoms with E-state index in [2.05, 4.69) is 5.10 Å². The van der Waals surface area contributed by atoms with Crippen molar-refractivity contribution in [2.24, 2.45) is 0 Å².